The number of carboxylic acid groups (broad SMARTS) is 1. The molecule has 0 aromatic carbocycles. The second-order valence-electron chi connectivity index (χ2n) is 5.12. The van der Waals surface area contributed by atoms with Crippen LogP contribution in [0.3, 0.4) is 0 Å². The Morgan fingerprint density at radius 1 is 1.44 bits per heavy atom. The van der Waals surface area contributed by atoms with Crippen molar-refractivity contribution in [3.05, 3.63) is 0 Å². The number of β-amino-alcohol motifs (C(OH)–C–C–N with tert-alkyl or cyclic N) is 1. The smallest absolute Gasteiger partial charge is 0.304 e. The molecule has 0 spiro atoms. The third-order valence-corrected chi connectivity index (χ3v) is 5.48. The van der Waals surface area contributed by atoms with Gasteiger partial charge in [-0.2, -0.15) is 17.0 Å². The number of carboxylic acids is 1. The summed E-state index contributed by atoms with van der Waals surface area (Å²) in [5.41, 5.74) is -0.860. The van der Waals surface area contributed by atoms with Crippen molar-refractivity contribution in [1.82, 2.24) is 8.61 Å². The predicted molar refractivity (Wildman–Crippen MR) is 63.0 cm³/mol. The third-order valence-electron chi connectivity index (χ3n) is 3.60. The van der Waals surface area contributed by atoms with E-state index < -0.39 is 21.8 Å². The van der Waals surface area contributed by atoms with Gasteiger partial charge in [0.25, 0.3) is 10.2 Å². The molecule has 0 atom stereocenters. The van der Waals surface area contributed by atoms with Crippen LogP contribution in [-0.2, 0) is 15.0 Å². The van der Waals surface area contributed by atoms with Crippen molar-refractivity contribution in [3.8, 4) is 0 Å². The van der Waals surface area contributed by atoms with E-state index in [0.717, 1.165) is 17.1 Å². The maximum atomic E-state index is 12.0. The van der Waals surface area contributed by atoms with Gasteiger partial charge in [-0.1, -0.05) is 0 Å². The van der Waals surface area contributed by atoms with Crippen LogP contribution in [0.1, 0.15) is 19.3 Å². The summed E-state index contributed by atoms with van der Waals surface area (Å²) in [4.78, 5) is 10.4. The average molecular weight is 278 g/mol. The summed E-state index contributed by atoms with van der Waals surface area (Å²) in [6.45, 7) is 0.185. The van der Waals surface area contributed by atoms with E-state index in [1.54, 1.807) is 0 Å². The first-order valence-electron chi connectivity index (χ1n) is 5.91. The lowest BCUT2D eigenvalue weighted by Crippen LogP contribution is -2.66. The highest BCUT2D eigenvalue weighted by Crippen LogP contribution is 2.45. The molecule has 1 saturated carbocycles. The zero-order valence-corrected chi connectivity index (χ0v) is 11.1. The van der Waals surface area contributed by atoms with Gasteiger partial charge >= 0.3 is 5.97 Å². The van der Waals surface area contributed by atoms with Gasteiger partial charge in [-0.3, -0.25) is 4.79 Å². The molecule has 7 nitrogen and oxygen atoms in total. The van der Waals surface area contributed by atoms with Gasteiger partial charge in [0.15, 0.2) is 0 Å². The largest absolute Gasteiger partial charge is 0.481 e. The Labute approximate surface area is 106 Å². The molecule has 0 radical (unpaired) electrons. The lowest BCUT2D eigenvalue weighted by molar-refractivity contribution is -0.137. The van der Waals surface area contributed by atoms with Crippen LogP contribution in [0, 0.1) is 5.92 Å². The van der Waals surface area contributed by atoms with Gasteiger partial charge in [0, 0.05) is 26.7 Å². The summed E-state index contributed by atoms with van der Waals surface area (Å²) >= 11 is 0. The number of carbonyl (C=O) groups is 1. The number of hydrogen-bond donors (Lipinski definition) is 2. The van der Waals surface area contributed by atoms with Crippen LogP contribution in [-0.4, -0.2) is 65.5 Å². The highest BCUT2D eigenvalue weighted by atomic mass is 32.2. The van der Waals surface area contributed by atoms with E-state index in [0.29, 0.717) is 0 Å². The second-order valence-corrected chi connectivity index (χ2v) is 7.15. The molecule has 0 bridgehead atoms. The number of hydrogen-bond acceptors (Lipinski definition) is 4. The topological polar surface area (TPSA) is 98.2 Å². The van der Waals surface area contributed by atoms with E-state index in [9.17, 15) is 18.3 Å². The van der Waals surface area contributed by atoms with Gasteiger partial charge in [-0.15, -0.1) is 0 Å². The molecule has 0 unspecified atom stereocenters. The van der Waals surface area contributed by atoms with E-state index in [1.165, 1.54) is 11.4 Å². The molecule has 1 heterocycles. The van der Waals surface area contributed by atoms with Crippen molar-refractivity contribution in [3.63, 3.8) is 0 Å². The van der Waals surface area contributed by atoms with Crippen LogP contribution < -0.4 is 0 Å². The molecule has 1 aliphatic heterocycles. The number of aliphatic hydroxyl groups is 1. The minimum Gasteiger partial charge on any atom is -0.481 e. The SMILES string of the molecule is CN(CCC(=O)O)S(=O)(=O)N1CC(O)(C2CC2)C1. The van der Waals surface area contributed by atoms with Gasteiger partial charge in [0.05, 0.1) is 12.0 Å². The fourth-order valence-electron chi connectivity index (χ4n) is 2.17. The highest BCUT2D eigenvalue weighted by Gasteiger charge is 2.55. The predicted octanol–water partition coefficient (Wildman–Crippen LogP) is -0.906. The number of aliphatic carboxylic acids is 1. The molecule has 104 valence electrons. The van der Waals surface area contributed by atoms with Crippen LogP contribution in [0.2, 0.25) is 0 Å². The highest BCUT2D eigenvalue weighted by molar-refractivity contribution is 7.86. The van der Waals surface area contributed by atoms with Crippen molar-refractivity contribution in [2.24, 2.45) is 5.92 Å². The maximum absolute atomic E-state index is 12.0. The number of nitrogens with zero attached hydrogens (tertiary/aromatic N) is 2. The maximum Gasteiger partial charge on any atom is 0.304 e. The van der Waals surface area contributed by atoms with Crippen LogP contribution in [0.4, 0.5) is 0 Å². The molecule has 2 fully saturated rings. The van der Waals surface area contributed by atoms with Crippen LogP contribution in [0.5, 0.6) is 0 Å². The summed E-state index contributed by atoms with van der Waals surface area (Å²) in [5.74, 6) is -0.802. The van der Waals surface area contributed by atoms with E-state index in [-0.39, 0.29) is 32.0 Å². The molecule has 1 saturated heterocycles. The standard InChI is InChI=1S/C10H18N2O5S/c1-11(5-4-9(13)14)18(16,17)12-6-10(15,7-12)8-2-3-8/h8,15H,2-7H2,1H3,(H,13,14). The Bertz CT molecular complexity index is 439. The normalized spacial score (nSPS) is 23.9. The van der Waals surface area contributed by atoms with Gasteiger partial charge in [0.1, 0.15) is 0 Å². The van der Waals surface area contributed by atoms with Crippen molar-refractivity contribution >= 4 is 16.2 Å². The summed E-state index contributed by atoms with van der Waals surface area (Å²) in [6.07, 6.45) is 1.69. The Hall–Kier alpha value is -0.700. The zero-order valence-electron chi connectivity index (χ0n) is 10.2. The Morgan fingerprint density at radius 3 is 2.44 bits per heavy atom. The lowest BCUT2D eigenvalue weighted by atomic mass is 9.91. The van der Waals surface area contributed by atoms with Gasteiger partial charge in [-0.25, -0.2) is 0 Å². The fourth-order valence-corrected chi connectivity index (χ4v) is 3.66. The molecule has 1 aliphatic carbocycles. The van der Waals surface area contributed by atoms with Gasteiger partial charge < -0.3 is 10.2 Å². The van der Waals surface area contributed by atoms with Crippen LogP contribution in [0.25, 0.3) is 0 Å². The second kappa shape index (κ2) is 4.44. The molecular weight excluding hydrogens is 260 g/mol. The minimum absolute atomic E-state index is 0.0595. The molecular formula is C10H18N2O5S. The Morgan fingerprint density at radius 2 is 2.00 bits per heavy atom. The Balaban J connectivity index is 1.90. The monoisotopic (exact) mass is 278 g/mol. The summed E-state index contributed by atoms with van der Waals surface area (Å²) in [7, 11) is -2.28. The van der Waals surface area contributed by atoms with E-state index in [4.69, 9.17) is 5.11 Å². The molecule has 0 amide bonds. The molecule has 2 rings (SSSR count). The van der Waals surface area contributed by atoms with Crippen molar-refractivity contribution in [1.29, 1.82) is 0 Å². The quantitative estimate of drug-likeness (QED) is 0.656. The van der Waals surface area contributed by atoms with E-state index in [2.05, 4.69) is 0 Å². The molecule has 2 aliphatic rings. The van der Waals surface area contributed by atoms with Crippen LogP contribution in [0.15, 0.2) is 0 Å². The summed E-state index contributed by atoms with van der Waals surface area (Å²) in [6, 6.07) is 0. The fraction of sp³-hybridized carbons (Fsp3) is 0.900. The third kappa shape index (κ3) is 2.51. The van der Waals surface area contributed by atoms with E-state index >= 15 is 0 Å². The van der Waals surface area contributed by atoms with E-state index in [1.807, 2.05) is 0 Å². The summed E-state index contributed by atoms with van der Waals surface area (Å²) in [5, 5.41) is 18.6. The minimum atomic E-state index is -3.63. The number of rotatable bonds is 6. The van der Waals surface area contributed by atoms with Gasteiger partial charge in [0.2, 0.25) is 0 Å². The van der Waals surface area contributed by atoms with Crippen molar-refractivity contribution in [2.45, 2.75) is 24.9 Å². The summed E-state index contributed by atoms with van der Waals surface area (Å²) < 4.78 is 26.2. The first kappa shape index (κ1) is 13.7. The van der Waals surface area contributed by atoms with Crippen molar-refractivity contribution < 1.29 is 23.4 Å². The van der Waals surface area contributed by atoms with Crippen molar-refractivity contribution in [2.75, 3.05) is 26.7 Å². The Kier molecular flexibility index (Phi) is 3.39. The zero-order chi connectivity index (χ0) is 13.6. The molecule has 0 aromatic rings. The molecule has 18 heavy (non-hydrogen) atoms. The first-order valence-corrected chi connectivity index (χ1v) is 7.31. The lowest BCUT2D eigenvalue weighted by Gasteiger charge is -2.46. The average Bonchev–Trinajstić information content (AvgIpc) is 3.04. The van der Waals surface area contributed by atoms with Gasteiger partial charge in [-0.05, 0) is 18.8 Å². The molecule has 8 heteroatoms. The van der Waals surface area contributed by atoms with Crippen LogP contribution >= 0.6 is 0 Å². The first-order chi connectivity index (χ1) is 8.25. The molecule has 2 N–H and O–H groups in total. The molecule has 0 aromatic heterocycles.